The minimum absolute atomic E-state index is 0.111. The average molecular weight is 283 g/mol. The van der Waals surface area contributed by atoms with Gasteiger partial charge in [0.05, 0.1) is 5.92 Å². The summed E-state index contributed by atoms with van der Waals surface area (Å²) in [6.07, 6.45) is 0.402. The number of hydrogen-bond acceptors (Lipinski definition) is 3. The first-order valence-electron chi connectivity index (χ1n) is 6.31. The van der Waals surface area contributed by atoms with Gasteiger partial charge in [-0.05, 0) is 24.5 Å². The molecule has 3 N–H and O–H groups in total. The summed E-state index contributed by atoms with van der Waals surface area (Å²) < 4.78 is 13.5. The zero-order valence-electron chi connectivity index (χ0n) is 11.4. The van der Waals surface area contributed by atoms with Gasteiger partial charge in [-0.2, -0.15) is 0 Å². The molecule has 1 atom stereocenters. The molecule has 0 heterocycles. The van der Waals surface area contributed by atoms with Gasteiger partial charge in [-0.1, -0.05) is 19.9 Å². The summed E-state index contributed by atoms with van der Waals surface area (Å²) in [5, 5.41) is 20.9. The van der Waals surface area contributed by atoms with E-state index in [-0.39, 0.29) is 12.5 Å². The molecule has 1 aromatic rings. The molecule has 110 valence electrons. The number of carboxylic acids is 1. The van der Waals surface area contributed by atoms with Crippen molar-refractivity contribution in [2.45, 2.75) is 20.3 Å². The highest BCUT2D eigenvalue weighted by atomic mass is 19.1. The van der Waals surface area contributed by atoms with Crippen LogP contribution < -0.4 is 5.32 Å². The van der Waals surface area contributed by atoms with E-state index in [0.29, 0.717) is 6.42 Å². The van der Waals surface area contributed by atoms with Crippen molar-refractivity contribution >= 4 is 11.9 Å². The number of carboxylic acid groups (broad SMARTS) is 1. The molecular formula is C14H18FNO4. The van der Waals surface area contributed by atoms with Crippen LogP contribution in [0.3, 0.4) is 0 Å². The van der Waals surface area contributed by atoms with Gasteiger partial charge >= 0.3 is 5.97 Å². The van der Waals surface area contributed by atoms with Crippen LogP contribution in [-0.4, -0.2) is 28.6 Å². The quantitative estimate of drug-likeness (QED) is 0.745. The highest BCUT2D eigenvalue weighted by Crippen LogP contribution is 2.19. The monoisotopic (exact) mass is 283 g/mol. The molecule has 0 aliphatic rings. The van der Waals surface area contributed by atoms with Gasteiger partial charge in [0.25, 0.3) is 5.91 Å². The molecule has 1 unspecified atom stereocenters. The normalized spacial score (nSPS) is 12.2. The molecule has 0 saturated heterocycles. The molecule has 0 fully saturated rings. The van der Waals surface area contributed by atoms with Gasteiger partial charge in [0.2, 0.25) is 0 Å². The number of carbonyl (C=O) groups excluding carboxylic acids is 1. The highest BCUT2D eigenvalue weighted by Gasteiger charge is 2.22. The van der Waals surface area contributed by atoms with Gasteiger partial charge < -0.3 is 15.5 Å². The molecule has 1 rings (SSSR count). The first-order chi connectivity index (χ1) is 9.32. The SMILES string of the molecule is CC(C)CC(CNC(=O)c1c(O)cccc1F)C(=O)O. The van der Waals surface area contributed by atoms with Gasteiger partial charge in [-0.15, -0.1) is 0 Å². The topological polar surface area (TPSA) is 86.6 Å². The summed E-state index contributed by atoms with van der Waals surface area (Å²) in [4.78, 5) is 22.8. The van der Waals surface area contributed by atoms with E-state index in [1.54, 1.807) is 0 Å². The number of amides is 1. The summed E-state index contributed by atoms with van der Waals surface area (Å²) >= 11 is 0. The van der Waals surface area contributed by atoms with E-state index < -0.39 is 34.9 Å². The molecule has 0 aliphatic carbocycles. The van der Waals surface area contributed by atoms with Crippen molar-refractivity contribution in [3.63, 3.8) is 0 Å². The number of rotatable bonds is 6. The number of halogens is 1. The van der Waals surface area contributed by atoms with Crippen molar-refractivity contribution < 1.29 is 24.2 Å². The fraction of sp³-hybridized carbons (Fsp3) is 0.429. The zero-order chi connectivity index (χ0) is 15.3. The Labute approximate surface area is 116 Å². The minimum atomic E-state index is -1.02. The number of nitrogens with one attached hydrogen (secondary N) is 1. The number of aromatic hydroxyl groups is 1. The number of phenolic OH excluding ortho intramolecular Hbond substituents is 1. The lowest BCUT2D eigenvalue weighted by atomic mass is 9.97. The number of aliphatic carboxylic acids is 1. The van der Waals surface area contributed by atoms with Crippen molar-refractivity contribution in [2.75, 3.05) is 6.54 Å². The molecular weight excluding hydrogens is 265 g/mol. The Balaban J connectivity index is 2.73. The van der Waals surface area contributed by atoms with E-state index in [4.69, 9.17) is 5.11 Å². The van der Waals surface area contributed by atoms with Crippen LogP contribution >= 0.6 is 0 Å². The molecule has 5 nitrogen and oxygen atoms in total. The molecule has 0 aromatic heterocycles. The van der Waals surface area contributed by atoms with Gasteiger partial charge in [-0.25, -0.2) is 4.39 Å². The van der Waals surface area contributed by atoms with Crippen LogP contribution in [0.1, 0.15) is 30.6 Å². The Bertz CT molecular complexity index is 482. The number of benzene rings is 1. The Morgan fingerprint density at radius 1 is 1.35 bits per heavy atom. The minimum Gasteiger partial charge on any atom is -0.507 e. The van der Waals surface area contributed by atoms with Gasteiger partial charge in [0.15, 0.2) is 0 Å². The Hall–Kier alpha value is -2.11. The van der Waals surface area contributed by atoms with Crippen molar-refractivity contribution in [2.24, 2.45) is 11.8 Å². The van der Waals surface area contributed by atoms with Crippen molar-refractivity contribution in [1.29, 1.82) is 0 Å². The van der Waals surface area contributed by atoms with E-state index in [0.717, 1.165) is 6.07 Å². The van der Waals surface area contributed by atoms with E-state index in [1.165, 1.54) is 12.1 Å². The fourth-order valence-electron chi connectivity index (χ4n) is 1.88. The number of carbonyl (C=O) groups is 2. The van der Waals surface area contributed by atoms with Crippen molar-refractivity contribution in [3.8, 4) is 5.75 Å². The molecule has 6 heteroatoms. The van der Waals surface area contributed by atoms with Crippen LogP contribution in [0, 0.1) is 17.7 Å². The van der Waals surface area contributed by atoms with Gasteiger partial charge in [0.1, 0.15) is 17.1 Å². The fourth-order valence-corrected chi connectivity index (χ4v) is 1.88. The lowest BCUT2D eigenvalue weighted by Crippen LogP contribution is -2.34. The van der Waals surface area contributed by atoms with Crippen LogP contribution in [0.5, 0.6) is 5.75 Å². The van der Waals surface area contributed by atoms with Crippen LogP contribution in [0.15, 0.2) is 18.2 Å². The maximum atomic E-state index is 13.5. The lowest BCUT2D eigenvalue weighted by Gasteiger charge is -2.15. The first kappa shape index (κ1) is 15.9. The summed E-state index contributed by atoms with van der Waals surface area (Å²) in [5.41, 5.74) is -0.471. The van der Waals surface area contributed by atoms with E-state index in [1.807, 2.05) is 13.8 Å². The molecule has 20 heavy (non-hydrogen) atoms. The summed E-state index contributed by atoms with van der Waals surface area (Å²) in [6, 6.07) is 3.53. The van der Waals surface area contributed by atoms with E-state index in [9.17, 15) is 19.1 Å². The Kier molecular flexibility index (Phi) is 5.49. The second kappa shape index (κ2) is 6.88. The van der Waals surface area contributed by atoms with Crippen molar-refractivity contribution in [3.05, 3.63) is 29.6 Å². The van der Waals surface area contributed by atoms with Gasteiger partial charge in [-0.3, -0.25) is 9.59 Å². The first-order valence-corrected chi connectivity index (χ1v) is 6.31. The van der Waals surface area contributed by atoms with Crippen LogP contribution in [0.4, 0.5) is 4.39 Å². The third-order valence-electron chi connectivity index (χ3n) is 2.83. The smallest absolute Gasteiger partial charge is 0.308 e. The number of phenols is 1. The maximum Gasteiger partial charge on any atom is 0.308 e. The predicted molar refractivity (Wildman–Crippen MR) is 71.0 cm³/mol. The van der Waals surface area contributed by atoms with Crippen LogP contribution in [-0.2, 0) is 4.79 Å². The van der Waals surface area contributed by atoms with Crippen LogP contribution in [0.25, 0.3) is 0 Å². The summed E-state index contributed by atoms with van der Waals surface area (Å²) in [6.45, 7) is 3.64. The lowest BCUT2D eigenvalue weighted by molar-refractivity contribution is -0.142. The van der Waals surface area contributed by atoms with Gasteiger partial charge in [0, 0.05) is 6.54 Å². The highest BCUT2D eigenvalue weighted by molar-refractivity contribution is 5.97. The molecule has 1 aromatic carbocycles. The Morgan fingerprint density at radius 3 is 2.50 bits per heavy atom. The standard InChI is InChI=1S/C14H18FNO4/c1-8(2)6-9(14(19)20)7-16-13(18)12-10(15)4-3-5-11(12)17/h3-5,8-9,17H,6-7H2,1-2H3,(H,16,18)(H,19,20). The average Bonchev–Trinajstić information content (AvgIpc) is 2.33. The second-order valence-electron chi connectivity index (χ2n) is 5.01. The maximum absolute atomic E-state index is 13.5. The summed E-state index contributed by atoms with van der Waals surface area (Å²) in [7, 11) is 0. The third kappa shape index (κ3) is 4.22. The summed E-state index contributed by atoms with van der Waals surface area (Å²) in [5.74, 6) is -3.74. The van der Waals surface area contributed by atoms with Crippen LogP contribution in [0.2, 0.25) is 0 Å². The Morgan fingerprint density at radius 2 is 2.00 bits per heavy atom. The zero-order valence-corrected chi connectivity index (χ0v) is 11.4. The van der Waals surface area contributed by atoms with Crippen molar-refractivity contribution in [1.82, 2.24) is 5.32 Å². The largest absolute Gasteiger partial charge is 0.507 e. The predicted octanol–water partition coefficient (Wildman–Crippen LogP) is 2.01. The molecule has 0 saturated carbocycles. The molecule has 0 radical (unpaired) electrons. The molecule has 0 spiro atoms. The molecule has 0 bridgehead atoms. The number of hydrogen-bond donors (Lipinski definition) is 3. The molecule has 1 amide bonds. The third-order valence-corrected chi connectivity index (χ3v) is 2.83. The second-order valence-corrected chi connectivity index (χ2v) is 5.01. The van der Waals surface area contributed by atoms with E-state index in [2.05, 4.69) is 5.32 Å². The molecule has 0 aliphatic heterocycles. The van der Waals surface area contributed by atoms with E-state index >= 15 is 0 Å².